The van der Waals surface area contributed by atoms with Gasteiger partial charge in [-0.25, -0.2) is 0 Å². The molecule has 6 heteroatoms. The van der Waals surface area contributed by atoms with E-state index in [-0.39, 0.29) is 11.8 Å². The molecule has 0 saturated heterocycles. The van der Waals surface area contributed by atoms with Crippen LogP contribution in [0, 0.1) is 11.8 Å². The number of aliphatic hydroxyl groups excluding tert-OH is 1. The second-order valence-electron chi connectivity index (χ2n) is 10.2. The first kappa shape index (κ1) is 26.1. The molecule has 1 fully saturated rings. The fraction of sp³-hybridized carbons (Fsp3) is 0.500. The Morgan fingerprint density at radius 2 is 1.81 bits per heavy atom. The molecule has 2 N–H and O–H groups in total. The zero-order valence-corrected chi connectivity index (χ0v) is 21.5. The molecule has 1 heterocycles. The number of unbranched alkanes of at least 4 members (excludes halogenated alkanes) is 1. The number of rotatable bonds is 12. The van der Waals surface area contributed by atoms with Gasteiger partial charge in [0.15, 0.2) is 0 Å². The molecular formula is C30H39N3O3. The highest BCUT2D eigenvalue weighted by molar-refractivity contribution is 6.13. The highest BCUT2D eigenvalue weighted by atomic mass is 16.3. The van der Waals surface area contributed by atoms with Crippen LogP contribution in [0.4, 0.5) is 5.69 Å². The lowest BCUT2D eigenvalue weighted by atomic mass is 9.91. The van der Waals surface area contributed by atoms with E-state index in [9.17, 15) is 14.7 Å². The van der Waals surface area contributed by atoms with Crippen molar-refractivity contribution in [2.24, 2.45) is 16.8 Å². The van der Waals surface area contributed by atoms with E-state index in [2.05, 4.69) is 19.2 Å². The smallest absolute Gasteiger partial charge is 0.272 e. The Labute approximate surface area is 214 Å². The van der Waals surface area contributed by atoms with Gasteiger partial charge in [0, 0.05) is 11.3 Å². The van der Waals surface area contributed by atoms with Gasteiger partial charge in [-0.3, -0.25) is 14.6 Å². The third-order valence-corrected chi connectivity index (χ3v) is 7.18. The number of benzene rings is 2. The van der Waals surface area contributed by atoms with E-state index >= 15 is 0 Å². The largest absolute Gasteiger partial charge is 0.392 e. The molecule has 0 aromatic heterocycles. The Morgan fingerprint density at radius 1 is 1.08 bits per heavy atom. The summed E-state index contributed by atoms with van der Waals surface area (Å²) < 4.78 is 0. The average Bonchev–Trinajstić information content (AvgIpc) is 3.73. The Morgan fingerprint density at radius 3 is 2.50 bits per heavy atom. The third kappa shape index (κ3) is 6.41. The van der Waals surface area contributed by atoms with E-state index in [0.717, 1.165) is 54.6 Å². The number of anilines is 1. The molecule has 2 aromatic rings. The number of nitrogens with one attached hydrogen (secondary N) is 1. The molecule has 1 saturated carbocycles. The average molecular weight is 490 g/mol. The van der Waals surface area contributed by atoms with Crippen LogP contribution in [-0.4, -0.2) is 34.9 Å². The lowest BCUT2D eigenvalue weighted by Crippen LogP contribution is -2.50. The number of carbonyl (C=O) groups excluding carboxylic acids is 2. The molecule has 2 aliphatic rings. The van der Waals surface area contributed by atoms with Crippen LogP contribution in [0.5, 0.6) is 0 Å². The van der Waals surface area contributed by atoms with Gasteiger partial charge in [0.1, 0.15) is 0 Å². The number of aliphatic imine (C=N–C) groups is 1. The van der Waals surface area contributed by atoms with Crippen molar-refractivity contribution in [3.63, 3.8) is 0 Å². The maximum atomic E-state index is 13.9. The van der Waals surface area contributed by atoms with Gasteiger partial charge in [0.05, 0.1) is 24.3 Å². The van der Waals surface area contributed by atoms with Crippen molar-refractivity contribution >= 4 is 23.2 Å². The predicted octanol–water partition coefficient (Wildman–Crippen LogP) is 5.23. The van der Waals surface area contributed by atoms with Crippen molar-refractivity contribution < 1.29 is 14.7 Å². The second kappa shape index (κ2) is 12.3. The van der Waals surface area contributed by atoms with Gasteiger partial charge < -0.3 is 15.3 Å². The van der Waals surface area contributed by atoms with Gasteiger partial charge in [0.2, 0.25) is 12.1 Å². The molecule has 1 unspecified atom stereocenters. The van der Waals surface area contributed by atoms with Crippen LogP contribution in [0.15, 0.2) is 59.6 Å². The van der Waals surface area contributed by atoms with E-state index in [1.54, 1.807) is 4.90 Å². The normalized spacial score (nSPS) is 19.2. The molecule has 36 heavy (non-hydrogen) atoms. The van der Waals surface area contributed by atoms with Crippen molar-refractivity contribution in [3.05, 3.63) is 65.7 Å². The van der Waals surface area contributed by atoms with E-state index < -0.39 is 18.2 Å². The first-order valence-electron chi connectivity index (χ1n) is 13.5. The molecule has 192 valence electrons. The lowest BCUT2D eigenvalue weighted by Gasteiger charge is -2.27. The van der Waals surface area contributed by atoms with Crippen LogP contribution < -0.4 is 10.2 Å². The monoisotopic (exact) mass is 489 g/mol. The molecule has 6 nitrogen and oxygen atoms in total. The van der Waals surface area contributed by atoms with E-state index in [1.807, 2.05) is 54.6 Å². The minimum atomic E-state index is -1.02. The number of nitrogens with zero attached hydrogens (tertiary/aromatic N) is 2. The Hall–Kier alpha value is -2.99. The number of benzodiazepines with no additional fused rings is 1. The van der Waals surface area contributed by atoms with Gasteiger partial charge in [-0.2, -0.15) is 0 Å². The van der Waals surface area contributed by atoms with Gasteiger partial charge in [-0.05, 0) is 36.8 Å². The molecule has 0 spiro atoms. The lowest BCUT2D eigenvalue weighted by molar-refractivity contribution is -0.133. The van der Waals surface area contributed by atoms with Crippen molar-refractivity contribution in [3.8, 4) is 0 Å². The minimum Gasteiger partial charge on any atom is -0.392 e. The summed E-state index contributed by atoms with van der Waals surface area (Å²) in [5.74, 6) is -0.553. The quantitative estimate of drug-likeness (QED) is 0.428. The number of carbonyl (C=O) groups is 2. The van der Waals surface area contributed by atoms with Crippen LogP contribution in [-0.2, 0) is 16.1 Å². The van der Waals surface area contributed by atoms with Crippen LogP contribution in [0.3, 0.4) is 0 Å². The summed E-state index contributed by atoms with van der Waals surface area (Å²) in [6.45, 7) is 4.56. The third-order valence-electron chi connectivity index (χ3n) is 7.18. The molecule has 2 aromatic carbocycles. The molecule has 3 atom stereocenters. The summed E-state index contributed by atoms with van der Waals surface area (Å²) in [6, 6.07) is 17.7. The second-order valence-corrected chi connectivity index (χ2v) is 10.2. The van der Waals surface area contributed by atoms with Gasteiger partial charge in [-0.15, -0.1) is 0 Å². The first-order chi connectivity index (χ1) is 17.5. The van der Waals surface area contributed by atoms with Gasteiger partial charge in [-0.1, -0.05) is 94.5 Å². The van der Waals surface area contributed by atoms with Crippen molar-refractivity contribution in [1.82, 2.24) is 5.32 Å². The highest BCUT2D eigenvalue weighted by Gasteiger charge is 2.37. The van der Waals surface area contributed by atoms with Crippen LogP contribution >= 0.6 is 0 Å². The molecule has 1 aliphatic carbocycles. The number of amides is 2. The summed E-state index contributed by atoms with van der Waals surface area (Å²) in [4.78, 5) is 34.0. The molecule has 0 bridgehead atoms. The number of aliphatic hydroxyl groups is 1. The fourth-order valence-electron chi connectivity index (χ4n) is 4.97. The molecule has 0 radical (unpaired) electrons. The maximum absolute atomic E-state index is 13.9. The summed E-state index contributed by atoms with van der Waals surface area (Å²) in [7, 11) is 0. The fourth-order valence-corrected chi connectivity index (χ4v) is 4.97. The maximum Gasteiger partial charge on any atom is 0.272 e. The topological polar surface area (TPSA) is 82.0 Å². The van der Waals surface area contributed by atoms with Crippen LogP contribution in [0.2, 0.25) is 0 Å². The zero-order valence-electron chi connectivity index (χ0n) is 21.5. The van der Waals surface area contributed by atoms with E-state index in [0.29, 0.717) is 31.7 Å². The zero-order chi connectivity index (χ0) is 25.5. The van der Waals surface area contributed by atoms with Crippen molar-refractivity contribution in [1.29, 1.82) is 0 Å². The summed E-state index contributed by atoms with van der Waals surface area (Å²) >= 11 is 0. The van der Waals surface area contributed by atoms with Crippen molar-refractivity contribution in [2.75, 3.05) is 4.90 Å². The Kier molecular flexibility index (Phi) is 8.92. The summed E-state index contributed by atoms with van der Waals surface area (Å²) in [5, 5.41) is 13.8. The molecule has 2 amide bonds. The van der Waals surface area contributed by atoms with Gasteiger partial charge in [0.25, 0.3) is 5.91 Å². The SMILES string of the molecule is CCCC[C@H](O)[C@@H](CC1CC1)C(=O)NC1N=C(CCC)c2ccccc2N(Cc2ccccc2)C1=O. The van der Waals surface area contributed by atoms with Crippen LogP contribution in [0.25, 0.3) is 0 Å². The van der Waals surface area contributed by atoms with Crippen LogP contribution in [0.1, 0.15) is 76.3 Å². The number of hydrogen-bond acceptors (Lipinski definition) is 4. The van der Waals surface area contributed by atoms with E-state index in [1.165, 1.54) is 0 Å². The summed E-state index contributed by atoms with van der Waals surface area (Å²) in [5.41, 5.74) is 3.57. The molecule has 1 aliphatic heterocycles. The number of hydrogen-bond donors (Lipinski definition) is 2. The van der Waals surface area contributed by atoms with E-state index in [4.69, 9.17) is 4.99 Å². The number of para-hydroxylation sites is 1. The molecule has 4 rings (SSSR count). The Bertz CT molecular complexity index is 1060. The van der Waals surface area contributed by atoms with Crippen molar-refractivity contribution in [2.45, 2.75) is 84.0 Å². The standard InChI is InChI=1S/C30H39N3O3/c1-3-5-16-27(34)24(19-21-17-18-21)29(35)32-28-30(36)33(20-22-12-7-6-8-13-22)26-15-10-9-14-23(26)25(31-28)11-4-2/h6-10,12-15,21,24,27-28,34H,3-5,11,16-20H2,1-2H3,(H,32,35)/t24-,27+,28?/m1/s1. The first-order valence-corrected chi connectivity index (χ1v) is 13.5. The highest BCUT2D eigenvalue weighted by Crippen LogP contribution is 2.37. The number of fused-ring (bicyclic) bond motifs is 1. The van der Waals surface area contributed by atoms with Gasteiger partial charge >= 0.3 is 0 Å². The Balaban J connectivity index is 1.64. The minimum absolute atomic E-state index is 0.251. The molecular weight excluding hydrogens is 450 g/mol. The predicted molar refractivity (Wildman–Crippen MR) is 144 cm³/mol. The summed E-state index contributed by atoms with van der Waals surface area (Å²) in [6.07, 6.45) is 5.16.